The standard InChI is InChI=1S/C13H26/c1-10(2)5-8-13(11(3)4)9-12-6-7-12/h10-13H,5-9H2,1-4H3. The molecular formula is C13H26. The van der Waals surface area contributed by atoms with Gasteiger partial charge in [0.25, 0.3) is 0 Å². The summed E-state index contributed by atoms with van der Waals surface area (Å²) in [7, 11) is 0. The number of rotatable bonds is 6. The van der Waals surface area contributed by atoms with Crippen molar-refractivity contribution < 1.29 is 0 Å². The molecule has 0 saturated heterocycles. The first-order chi connectivity index (χ1) is 6.09. The summed E-state index contributed by atoms with van der Waals surface area (Å²) in [5.74, 6) is 3.91. The van der Waals surface area contributed by atoms with Gasteiger partial charge in [0.15, 0.2) is 0 Å². The van der Waals surface area contributed by atoms with Crippen LogP contribution in [-0.4, -0.2) is 0 Å². The molecule has 1 aliphatic rings. The van der Waals surface area contributed by atoms with E-state index in [4.69, 9.17) is 0 Å². The molecule has 0 amide bonds. The molecule has 1 fully saturated rings. The van der Waals surface area contributed by atoms with Gasteiger partial charge in [0.2, 0.25) is 0 Å². The minimum Gasteiger partial charge on any atom is -0.0628 e. The monoisotopic (exact) mass is 182 g/mol. The highest BCUT2D eigenvalue weighted by molar-refractivity contribution is 4.78. The van der Waals surface area contributed by atoms with Crippen LogP contribution in [0.3, 0.4) is 0 Å². The summed E-state index contributed by atoms with van der Waals surface area (Å²) >= 11 is 0. The third-order valence-electron chi connectivity index (χ3n) is 3.39. The largest absolute Gasteiger partial charge is 0.0628 e. The first-order valence-corrected chi connectivity index (χ1v) is 6.09. The molecule has 1 atom stereocenters. The van der Waals surface area contributed by atoms with Crippen LogP contribution >= 0.6 is 0 Å². The molecule has 0 N–H and O–H groups in total. The maximum atomic E-state index is 2.40. The minimum absolute atomic E-state index is 0.889. The predicted molar refractivity (Wildman–Crippen MR) is 59.7 cm³/mol. The molecule has 0 aromatic rings. The molecule has 0 aliphatic heterocycles. The summed E-state index contributed by atoms with van der Waals surface area (Å²) in [6.45, 7) is 9.48. The van der Waals surface area contributed by atoms with Crippen molar-refractivity contribution in [2.45, 2.75) is 59.8 Å². The number of hydrogen-bond acceptors (Lipinski definition) is 0. The summed E-state index contributed by atoms with van der Waals surface area (Å²) in [6, 6.07) is 0. The maximum absolute atomic E-state index is 2.40. The normalized spacial score (nSPS) is 19.8. The molecule has 0 spiro atoms. The van der Waals surface area contributed by atoms with Gasteiger partial charge in [0.1, 0.15) is 0 Å². The van der Waals surface area contributed by atoms with Gasteiger partial charge in [-0.15, -0.1) is 0 Å². The molecule has 0 radical (unpaired) electrons. The van der Waals surface area contributed by atoms with Crippen molar-refractivity contribution >= 4 is 0 Å². The highest BCUT2D eigenvalue weighted by atomic mass is 14.3. The van der Waals surface area contributed by atoms with Crippen molar-refractivity contribution in [1.82, 2.24) is 0 Å². The second-order valence-electron chi connectivity index (χ2n) is 5.65. The Morgan fingerprint density at radius 3 is 2.00 bits per heavy atom. The lowest BCUT2D eigenvalue weighted by Gasteiger charge is -2.21. The van der Waals surface area contributed by atoms with Crippen molar-refractivity contribution in [3.05, 3.63) is 0 Å². The Hall–Kier alpha value is 0. The Morgan fingerprint density at radius 1 is 1.00 bits per heavy atom. The molecule has 0 heteroatoms. The summed E-state index contributed by atoms with van der Waals surface area (Å²) in [4.78, 5) is 0. The Labute approximate surface area is 84.1 Å². The lowest BCUT2D eigenvalue weighted by molar-refractivity contribution is 0.299. The Morgan fingerprint density at radius 2 is 1.62 bits per heavy atom. The van der Waals surface area contributed by atoms with Crippen LogP contribution in [0.15, 0.2) is 0 Å². The molecule has 1 saturated carbocycles. The van der Waals surface area contributed by atoms with Crippen LogP contribution in [0.1, 0.15) is 59.8 Å². The molecular weight excluding hydrogens is 156 g/mol. The average molecular weight is 182 g/mol. The van der Waals surface area contributed by atoms with Gasteiger partial charge in [-0.2, -0.15) is 0 Å². The Balaban J connectivity index is 2.20. The van der Waals surface area contributed by atoms with Gasteiger partial charge in [0, 0.05) is 0 Å². The molecule has 13 heavy (non-hydrogen) atoms. The maximum Gasteiger partial charge on any atom is -0.0388 e. The Bertz CT molecular complexity index is 131. The van der Waals surface area contributed by atoms with E-state index in [9.17, 15) is 0 Å². The summed E-state index contributed by atoms with van der Waals surface area (Å²) in [5, 5.41) is 0. The fourth-order valence-electron chi connectivity index (χ4n) is 2.05. The van der Waals surface area contributed by atoms with E-state index in [0.29, 0.717) is 0 Å². The van der Waals surface area contributed by atoms with E-state index >= 15 is 0 Å². The van der Waals surface area contributed by atoms with Crippen molar-refractivity contribution in [3.8, 4) is 0 Å². The van der Waals surface area contributed by atoms with Gasteiger partial charge >= 0.3 is 0 Å². The van der Waals surface area contributed by atoms with E-state index in [1.54, 1.807) is 0 Å². The predicted octanol–water partition coefficient (Wildman–Crippen LogP) is 4.49. The van der Waals surface area contributed by atoms with Gasteiger partial charge in [0.05, 0.1) is 0 Å². The fraction of sp³-hybridized carbons (Fsp3) is 1.00. The van der Waals surface area contributed by atoms with Crippen molar-refractivity contribution in [3.63, 3.8) is 0 Å². The van der Waals surface area contributed by atoms with E-state index in [1.165, 1.54) is 32.1 Å². The van der Waals surface area contributed by atoms with Crippen LogP contribution in [0, 0.1) is 23.7 Å². The van der Waals surface area contributed by atoms with Crippen LogP contribution in [0.5, 0.6) is 0 Å². The minimum atomic E-state index is 0.889. The van der Waals surface area contributed by atoms with Crippen molar-refractivity contribution in [2.75, 3.05) is 0 Å². The van der Waals surface area contributed by atoms with Gasteiger partial charge in [-0.05, 0) is 36.5 Å². The third kappa shape index (κ3) is 4.69. The van der Waals surface area contributed by atoms with E-state index in [-0.39, 0.29) is 0 Å². The highest BCUT2D eigenvalue weighted by Crippen LogP contribution is 2.39. The highest BCUT2D eigenvalue weighted by Gasteiger charge is 2.26. The van der Waals surface area contributed by atoms with E-state index in [0.717, 1.165) is 23.7 Å². The molecule has 1 unspecified atom stereocenters. The van der Waals surface area contributed by atoms with E-state index in [1.807, 2.05) is 0 Å². The van der Waals surface area contributed by atoms with Crippen molar-refractivity contribution in [2.24, 2.45) is 23.7 Å². The second-order valence-corrected chi connectivity index (χ2v) is 5.65. The van der Waals surface area contributed by atoms with Crippen molar-refractivity contribution in [1.29, 1.82) is 0 Å². The second kappa shape index (κ2) is 5.02. The first kappa shape index (κ1) is 11.1. The molecule has 0 nitrogen and oxygen atoms in total. The van der Waals surface area contributed by atoms with Gasteiger partial charge in [-0.3, -0.25) is 0 Å². The molecule has 0 bridgehead atoms. The first-order valence-electron chi connectivity index (χ1n) is 6.09. The Kier molecular flexibility index (Phi) is 4.28. The van der Waals surface area contributed by atoms with Gasteiger partial charge in [-0.25, -0.2) is 0 Å². The van der Waals surface area contributed by atoms with Crippen LogP contribution in [-0.2, 0) is 0 Å². The third-order valence-corrected chi connectivity index (χ3v) is 3.39. The van der Waals surface area contributed by atoms with E-state index in [2.05, 4.69) is 27.7 Å². The van der Waals surface area contributed by atoms with Gasteiger partial charge in [-0.1, -0.05) is 47.0 Å². The summed E-state index contributed by atoms with van der Waals surface area (Å²) in [5.41, 5.74) is 0. The van der Waals surface area contributed by atoms with Crippen LogP contribution < -0.4 is 0 Å². The van der Waals surface area contributed by atoms with E-state index < -0.39 is 0 Å². The van der Waals surface area contributed by atoms with Gasteiger partial charge < -0.3 is 0 Å². The quantitative estimate of drug-likeness (QED) is 0.567. The molecule has 0 heterocycles. The molecule has 78 valence electrons. The average Bonchev–Trinajstić information content (AvgIpc) is 2.80. The summed E-state index contributed by atoms with van der Waals surface area (Å²) in [6.07, 6.45) is 7.45. The molecule has 0 aromatic heterocycles. The molecule has 1 rings (SSSR count). The number of hydrogen-bond donors (Lipinski definition) is 0. The smallest absolute Gasteiger partial charge is 0.0388 e. The zero-order valence-electron chi connectivity index (χ0n) is 9.84. The SMILES string of the molecule is CC(C)CCC(CC1CC1)C(C)C. The topological polar surface area (TPSA) is 0 Å². The lowest BCUT2D eigenvalue weighted by Crippen LogP contribution is -2.10. The molecule has 0 aromatic carbocycles. The van der Waals surface area contributed by atoms with Crippen LogP contribution in [0.25, 0.3) is 0 Å². The lowest BCUT2D eigenvalue weighted by atomic mass is 9.85. The van der Waals surface area contributed by atoms with Crippen LogP contribution in [0.2, 0.25) is 0 Å². The molecule has 1 aliphatic carbocycles. The fourth-order valence-corrected chi connectivity index (χ4v) is 2.05. The zero-order chi connectivity index (χ0) is 9.84. The van der Waals surface area contributed by atoms with Crippen LogP contribution in [0.4, 0.5) is 0 Å². The zero-order valence-corrected chi connectivity index (χ0v) is 9.84. The summed E-state index contributed by atoms with van der Waals surface area (Å²) < 4.78 is 0.